The van der Waals surface area contributed by atoms with Crippen molar-refractivity contribution in [3.05, 3.63) is 35.9 Å². The Morgan fingerprint density at radius 3 is 2.40 bits per heavy atom. The van der Waals surface area contributed by atoms with Crippen molar-refractivity contribution in [3.8, 4) is 0 Å². The number of hydrogen-bond donors (Lipinski definition) is 1. The van der Waals surface area contributed by atoms with Crippen LogP contribution in [0.2, 0.25) is 0 Å². The second kappa shape index (κ2) is 8.61. The number of amides is 1. The van der Waals surface area contributed by atoms with E-state index < -0.39 is 0 Å². The van der Waals surface area contributed by atoms with Crippen LogP contribution < -0.4 is 5.32 Å². The van der Waals surface area contributed by atoms with Gasteiger partial charge in [0.25, 0.3) is 0 Å². The number of nitrogens with zero attached hydrogens (tertiary/aromatic N) is 1. The van der Waals surface area contributed by atoms with E-state index in [0.717, 1.165) is 37.9 Å². The van der Waals surface area contributed by atoms with Crippen LogP contribution in [-0.2, 0) is 4.79 Å². The summed E-state index contributed by atoms with van der Waals surface area (Å²) in [5, 5.41) is 3.23. The lowest BCUT2D eigenvalue weighted by molar-refractivity contribution is -0.123. The van der Waals surface area contributed by atoms with E-state index in [9.17, 15) is 9.59 Å². The zero-order chi connectivity index (χ0) is 17.6. The Kier molecular flexibility index (Phi) is 6.24. The Morgan fingerprint density at radius 2 is 1.72 bits per heavy atom. The molecule has 1 saturated heterocycles. The summed E-state index contributed by atoms with van der Waals surface area (Å²) in [7, 11) is 0. The van der Waals surface area contributed by atoms with Gasteiger partial charge in [0.05, 0.1) is 6.54 Å². The SMILES string of the molecule is CC1CCCCC1NC(=O)CN1CCC(C(=O)c2ccccc2)CC1. The third-order valence-electron chi connectivity index (χ3n) is 5.84. The maximum atomic E-state index is 12.5. The van der Waals surface area contributed by atoms with Crippen LogP contribution in [0.5, 0.6) is 0 Å². The van der Waals surface area contributed by atoms with Gasteiger partial charge >= 0.3 is 0 Å². The fourth-order valence-electron chi connectivity index (χ4n) is 4.18. The van der Waals surface area contributed by atoms with E-state index in [1.807, 2.05) is 30.3 Å². The molecule has 1 aromatic carbocycles. The van der Waals surface area contributed by atoms with Crippen LogP contribution in [0.15, 0.2) is 30.3 Å². The summed E-state index contributed by atoms with van der Waals surface area (Å²) in [6.07, 6.45) is 6.54. The molecule has 0 aromatic heterocycles. The van der Waals surface area contributed by atoms with Crippen molar-refractivity contribution >= 4 is 11.7 Å². The number of piperidine rings is 1. The van der Waals surface area contributed by atoms with Crippen LogP contribution >= 0.6 is 0 Å². The molecule has 4 nitrogen and oxygen atoms in total. The van der Waals surface area contributed by atoms with Crippen molar-refractivity contribution < 1.29 is 9.59 Å². The summed E-state index contributed by atoms with van der Waals surface area (Å²) in [5.41, 5.74) is 0.810. The fraction of sp³-hybridized carbons (Fsp3) is 0.619. The Labute approximate surface area is 151 Å². The highest BCUT2D eigenvalue weighted by molar-refractivity contribution is 5.97. The van der Waals surface area contributed by atoms with Crippen molar-refractivity contribution in [3.63, 3.8) is 0 Å². The molecule has 4 heteroatoms. The topological polar surface area (TPSA) is 49.4 Å². The predicted octanol–water partition coefficient (Wildman–Crippen LogP) is 3.28. The molecule has 2 aliphatic rings. The zero-order valence-corrected chi connectivity index (χ0v) is 15.2. The maximum Gasteiger partial charge on any atom is 0.234 e. The molecule has 136 valence electrons. The first-order chi connectivity index (χ1) is 12.1. The largest absolute Gasteiger partial charge is 0.352 e. The van der Waals surface area contributed by atoms with Crippen molar-refractivity contribution in [2.24, 2.45) is 11.8 Å². The molecule has 0 spiro atoms. The molecule has 2 fully saturated rings. The first-order valence-electron chi connectivity index (χ1n) is 9.74. The molecule has 3 rings (SSSR count). The molecular weight excluding hydrogens is 312 g/mol. The number of carbonyl (C=O) groups is 2. The number of rotatable bonds is 5. The molecule has 1 aliphatic heterocycles. The summed E-state index contributed by atoms with van der Waals surface area (Å²) in [5.74, 6) is 1.08. The molecule has 2 unspecified atom stereocenters. The Bertz CT molecular complexity index is 579. The Morgan fingerprint density at radius 1 is 1.04 bits per heavy atom. The summed E-state index contributed by atoms with van der Waals surface area (Å²) in [6, 6.07) is 9.91. The minimum Gasteiger partial charge on any atom is -0.352 e. The second-order valence-corrected chi connectivity index (χ2v) is 7.72. The predicted molar refractivity (Wildman–Crippen MR) is 99.5 cm³/mol. The van der Waals surface area contributed by atoms with Gasteiger partial charge in [-0.25, -0.2) is 0 Å². The fourth-order valence-corrected chi connectivity index (χ4v) is 4.18. The highest BCUT2D eigenvalue weighted by Crippen LogP contribution is 2.24. The van der Waals surface area contributed by atoms with Crippen molar-refractivity contribution in [2.45, 2.75) is 51.5 Å². The molecule has 1 aliphatic carbocycles. The minimum absolute atomic E-state index is 0.0973. The molecular formula is C21H30N2O2. The van der Waals surface area contributed by atoms with Crippen LogP contribution in [0.25, 0.3) is 0 Å². The van der Waals surface area contributed by atoms with Gasteiger partial charge < -0.3 is 5.32 Å². The van der Waals surface area contributed by atoms with E-state index in [4.69, 9.17) is 0 Å². The van der Waals surface area contributed by atoms with E-state index >= 15 is 0 Å². The number of ketones is 1. The third-order valence-corrected chi connectivity index (χ3v) is 5.84. The highest BCUT2D eigenvalue weighted by atomic mass is 16.2. The standard InChI is InChI=1S/C21H30N2O2/c1-16-7-5-6-10-19(16)22-20(24)15-23-13-11-18(12-14-23)21(25)17-8-3-2-4-9-17/h2-4,8-9,16,18-19H,5-7,10-15H2,1H3,(H,22,24). The molecule has 1 saturated carbocycles. The lowest BCUT2D eigenvalue weighted by Crippen LogP contribution is -2.47. The number of carbonyl (C=O) groups excluding carboxylic acids is 2. The summed E-state index contributed by atoms with van der Waals surface area (Å²) in [4.78, 5) is 27.1. The highest BCUT2D eigenvalue weighted by Gasteiger charge is 2.28. The smallest absolute Gasteiger partial charge is 0.234 e. The molecule has 0 radical (unpaired) electrons. The summed E-state index contributed by atoms with van der Waals surface area (Å²) in [6.45, 7) is 4.37. The minimum atomic E-state index is 0.0973. The molecule has 1 heterocycles. The number of likely N-dealkylation sites (tertiary alicyclic amines) is 1. The number of nitrogens with one attached hydrogen (secondary N) is 1. The average Bonchev–Trinajstić information content (AvgIpc) is 2.64. The van der Waals surface area contributed by atoms with E-state index in [2.05, 4.69) is 17.1 Å². The van der Waals surface area contributed by atoms with E-state index in [-0.39, 0.29) is 17.6 Å². The van der Waals surface area contributed by atoms with Crippen LogP contribution in [0.1, 0.15) is 55.8 Å². The Balaban J connectivity index is 1.43. The van der Waals surface area contributed by atoms with Gasteiger partial charge in [-0.15, -0.1) is 0 Å². The number of benzene rings is 1. The summed E-state index contributed by atoms with van der Waals surface area (Å²) < 4.78 is 0. The van der Waals surface area contributed by atoms with Gasteiger partial charge in [0, 0.05) is 17.5 Å². The molecule has 0 bridgehead atoms. The normalized spacial score (nSPS) is 25.5. The second-order valence-electron chi connectivity index (χ2n) is 7.72. The average molecular weight is 342 g/mol. The first-order valence-corrected chi connectivity index (χ1v) is 9.74. The van der Waals surface area contributed by atoms with Crippen LogP contribution in [0, 0.1) is 11.8 Å². The number of hydrogen-bond acceptors (Lipinski definition) is 3. The molecule has 1 aromatic rings. The van der Waals surface area contributed by atoms with Gasteiger partial charge in [-0.2, -0.15) is 0 Å². The first kappa shape index (κ1) is 18.1. The maximum absolute atomic E-state index is 12.5. The van der Waals surface area contributed by atoms with Crippen molar-refractivity contribution in [1.82, 2.24) is 10.2 Å². The van der Waals surface area contributed by atoms with E-state index in [1.54, 1.807) is 0 Å². The third kappa shape index (κ3) is 4.91. The van der Waals surface area contributed by atoms with Crippen molar-refractivity contribution in [1.29, 1.82) is 0 Å². The molecule has 25 heavy (non-hydrogen) atoms. The van der Waals surface area contributed by atoms with Crippen molar-refractivity contribution in [2.75, 3.05) is 19.6 Å². The van der Waals surface area contributed by atoms with Gasteiger partial charge in [-0.3, -0.25) is 14.5 Å². The lowest BCUT2D eigenvalue weighted by Gasteiger charge is -2.33. The summed E-state index contributed by atoms with van der Waals surface area (Å²) >= 11 is 0. The monoisotopic (exact) mass is 342 g/mol. The van der Waals surface area contributed by atoms with Gasteiger partial charge in [0.15, 0.2) is 5.78 Å². The van der Waals surface area contributed by atoms with E-state index in [1.165, 1.54) is 19.3 Å². The lowest BCUT2D eigenvalue weighted by atomic mass is 9.86. The molecule has 1 N–H and O–H groups in total. The zero-order valence-electron chi connectivity index (χ0n) is 15.2. The van der Waals surface area contributed by atoms with Crippen LogP contribution in [-0.4, -0.2) is 42.3 Å². The molecule has 2 atom stereocenters. The Hall–Kier alpha value is -1.68. The van der Waals surface area contributed by atoms with Gasteiger partial charge in [-0.05, 0) is 44.7 Å². The van der Waals surface area contributed by atoms with E-state index in [0.29, 0.717) is 18.5 Å². The van der Waals surface area contributed by atoms with Gasteiger partial charge in [0.2, 0.25) is 5.91 Å². The molecule has 1 amide bonds. The number of Topliss-reactive ketones (excluding diaryl/α,β-unsaturated/α-hetero) is 1. The van der Waals surface area contributed by atoms with Gasteiger partial charge in [0.1, 0.15) is 0 Å². The van der Waals surface area contributed by atoms with Gasteiger partial charge in [-0.1, -0.05) is 50.1 Å². The quantitative estimate of drug-likeness (QED) is 0.836. The van der Waals surface area contributed by atoms with Crippen LogP contribution in [0.4, 0.5) is 0 Å². The van der Waals surface area contributed by atoms with Crippen LogP contribution in [0.3, 0.4) is 0 Å².